The number of nitrogens with one attached hydrogen (secondary N) is 5. The molecule has 0 spiro atoms. The number of aliphatic carboxylic acids is 1. The largest absolute Gasteiger partial charge is 0.481 e. The zero-order chi connectivity index (χ0) is 40.2. The molecule has 0 aliphatic carbocycles. The zero-order valence-corrected chi connectivity index (χ0v) is 32.1. The Labute approximate surface area is 318 Å². The van der Waals surface area contributed by atoms with Crippen LogP contribution < -0.4 is 32.3 Å². The van der Waals surface area contributed by atoms with Crippen LogP contribution in [0.4, 0.5) is 0 Å². The number of amides is 5. The fraction of sp³-hybridized carbons (Fsp3) is 0.525. The van der Waals surface area contributed by atoms with E-state index in [4.69, 9.17) is 5.73 Å². The van der Waals surface area contributed by atoms with E-state index in [0.29, 0.717) is 6.42 Å². The van der Waals surface area contributed by atoms with Gasteiger partial charge in [-0.3, -0.25) is 33.6 Å². The van der Waals surface area contributed by atoms with Crippen molar-refractivity contribution < 1.29 is 38.7 Å². The molecular weight excluding hydrogens is 692 g/mol. The summed E-state index contributed by atoms with van der Waals surface area (Å²) in [5.74, 6) is -5.00. The standard InChI is InChI=1S/C40H58N6O8/c1-6-7-11-26(4)37(51)46-34(23-28-14-16-30(17-15-28)29-12-9-8-10-13-29)40(54)45-32(18-19-36(49)50)38(52)42-24-35(48)43-33(22-25(2)3)39(53)44-31(20-21-41)27(5)47/h8-10,12-17,25-26,31-34H,6-7,11,18-24,41H2,1-5H3,(H,42,52)(H,43,48)(H,44,53)(H,45,54)(H,46,51)(H,49,50)/t26-,31-,32-,33+,34?/m0/s1. The SMILES string of the molecule is CCCC[C@H](C)C(=O)NC(Cc1ccc(-c2ccccc2)cc1)C(=O)N[C@@H](CCC(=O)O)C(=O)NCC(=O)N[C@H](CC(C)C)C(=O)N[C@@H](CCN)C(C)=O. The molecule has 54 heavy (non-hydrogen) atoms. The number of carbonyl (C=O) groups is 7. The number of hydrogen-bond acceptors (Lipinski definition) is 8. The Kier molecular flexibility index (Phi) is 19.6. The third kappa shape index (κ3) is 16.3. The number of carboxylic acid groups (broad SMARTS) is 1. The van der Waals surface area contributed by atoms with Crippen LogP contribution in [-0.4, -0.2) is 83.7 Å². The minimum absolute atomic E-state index is 0.0126. The third-order valence-corrected chi connectivity index (χ3v) is 8.90. The molecule has 0 saturated carbocycles. The van der Waals surface area contributed by atoms with Crippen molar-refractivity contribution in [1.29, 1.82) is 0 Å². The summed E-state index contributed by atoms with van der Waals surface area (Å²) < 4.78 is 0. The van der Waals surface area contributed by atoms with Crippen molar-refractivity contribution in [2.45, 2.75) is 110 Å². The van der Waals surface area contributed by atoms with E-state index >= 15 is 0 Å². The number of Topliss-reactive ketones (excluding diaryl/α,β-unsaturated/α-hetero) is 1. The predicted molar refractivity (Wildman–Crippen MR) is 206 cm³/mol. The summed E-state index contributed by atoms with van der Waals surface area (Å²) in [4.78, 5) is 89.8. The lowest BCUT2D eigenvalue weighted by Gasteiger charge is -2.25. The first-order chi connectivity index (χ1) is 25.6. The van der Waals surface area contributed by atoms with E-state index in [0.717, 1.165) is 29.5 Å². The van der Waals surface area contributed by atoms with Gasteiger partial charge in [0.25, 0.3) is 0 Å². The average Bonchev–Trinajstić information content (AvgIpc) is 3.13. The van der Waals surface area contributed by atoms with Gasteiger partial charge in [-0.05, 0) is 61.8 Å². The van der Waals surface area contributed by atoms with E-state index in [-0.39, 0.29) is 55.8 Å². The minimum Gasteiger partial charge on any atom is -0.481 e. The van der Waals surface area contributed by atoms with Crippen molar-refractivity contribution in [1.82, 2.24) is 26.6 Å². The third-order valence-electron chi connectivity index (χ3n) is 8.90. The summed E-state index contributed by atoms with van der Waals surface area (Å²) in [6.07, 6.45) is 2.16. The van der Waals surface area contributed by atoms with E-state index in [2.05, 4.69) is 26.6 Å². The van der Waals surface area contributed by atoms with Gasteiger partial charge in [-0.1, -0.05) is 95.1 Å². The first-order valence-electron chi connectivity index (χ1n) is 18.7. The fourth-order valence-electron chi connectivity index (χ4n) is 5.73. The Morgan fingerprint density at radius 2 is 1.28 bits per heavy atom. The van der Waals surface area contributed by atoms with Crippen LogP contribution >= 0.6 is 0 Å². The van der Waals surface area contributed by atoms with Gasteiger partial charge in [-0.25, -0.2) is 0 Å². The summed E-state index contributed by atoms with van der Waals surface area (Å²) in [7, 11) is 0. The van der Waals surface area contributed by atoms with E-state index in [1.807, 2.05) is 75.4 Å². The highest BCUT2D eigenvalue weighted by molar-refractivity contribution is 5.95. The Morgan fingerprint density at radius 1 is 0.685 bits per heavy atom. The van der Waals surface area contributed by atoms with Crippen LogP contribution in [0, 0.1) is 11.8 Å². The van der Waals surface area contributed by atoms with Gasteiger partial charge in [0.1, 0.15) is 18.1 Å². The fourth-order valence-corrected chi connectivity index (χ4v) is 5.73. The van der Waals surface area contributed by atoms with E-state index in [1.165, 1.54) is 6.92 Å². The topological polar surface area (TPSA) is 226 Å². The molecule has 2 rings (SSSR count). The molecule has 8 N–H and O–H groups in total. The molecule has 0 aliphatic heterocycles. The predicted octanol–water partition coefficient (Wildman–Crippen LogP) is 2.63. The maximum Gasteiger partial charge on any atom is 0.303 e. The van der Waals surface area contributed by atoms with E-state index in [9.17, 15) is 38.7 Å². The van der Waals surface area contributed by atoms with Crippen LogP contribution in [0.3, 0.4) is 0 Å². The molecule has 0 bridgehead atoms. The number of benzene rings is 2. The second-order valence-corrected chi connectivity index (χ2v) is 14.1. The van der Waals surface area contributed by atoms with Gasteiger partial charge in [0, 0.05) is 18.8 Å². The Hall–Kier alpha value is -5.11. The molecule has 0 radical (unpaired) electrons. The molecule has 0 saturated heterocycles. The normalized spacial score (nSPS) is 13.8. The van der Waals surface area contributed by atoms with Gasteiger partial charge in [0.15, 0.2) is 5.78 Å². The number of hydrogen-bond donors (Lipinski definition) is 7. The monoisotopic (exact) mass is 750 g/mol. The van der Waals surface area contributed by atoms with Gasteiger partial charge in [-0.15, -0.1) is 0 Å². The quantitative estimate of drug-likeness (QED) is 0.0836. The maximum atomic E-state index is 13.8. The number of rotatable bonds is 24. The Morgan fingerprint density at radius 3 is 1.85 bits per heavy atom. The summed E-state index contributed by atoms with van der Waals surface area (Å²) >= 11 is 0. The first kappa shape index (κ1) is 45.0. The number of ketones is 1. The lowest BCUT2D eigenvalue weighted by atomic mass is 9.98. The van der Waals surface area contributed by atoms with Crippen molar-refractivity contribution in [2.24, 2.45) is 17.6 Å². The van der Waals surface area contributed by atoms with Gasteiger partial charge in [-0.2, -0.15) is 0 Å². The van der Waals surface area contributed by atoms with Gasteiger partial charge in [0.2, 0.25) is 29.5 Å². The lowest BCUT2D eigenvalue weighted by molar-refractivity contribution is -0.138. The lowest BCUT2D eigenvalue weighted by Crippen LogP contribution is -2.56. The molecule has 2 aromatic rings. The Balaban J connectivity index is 2.22. The van der Waals surface area contributed by atoms with Crippen LogP contribution in [0.1, 0.15) is 85.1 Å². The molecule has 0 fully saturated rings. The molecule has 14 nitrogen and oxygen atoms in total. The van der Waals surface area contributed by atoms with Gasteiger partial charge < -0.3 is 37.4 Å². The number of carboxylic acids is 1. The molecule has 2 aromatic carbocycles. The van der Waals surface area contributed by atoms with Crippen molar-refractivity contribution >= 4 is 41.3 Å². The minimum atomic E-state index is -1.36. The summed E-state index contributed by atoms with van der Waals surface area (Å²) in [6, 6.07) is 13.0. The second kappa shape index (κ2) is 23.5. The summed E-state index contributed by atoms with van der Waals surface area (Å²) in [5.41, 5.74) is 8.30. The zero-order valence-electron chi connectivity index (χ0n) is 32.1. The maximum absolute atomic E-state index is 13.8. The first-order valence-corrected chi connectivity index (χ1v) is 18.7. The highest BCUT2D eigenvalue weighted by atomic mass is 16.4. The van der Waals surface area contributed by atoms with Crippen LogP contribution in [0.25, 0.3) is 11.1 Å². The van der Waals surface area contributed by atoms with Gasteiger partial charge in [0.05, 0.1) is 12.6 Å². The second-order valence-electron chi connectivity index (χ2n) is 14.1. The van der Waals surface area contributed by atoms with Crippen LogP contribution in [-0.2, 0) is 40.0 Å². The van der Waals surface area contributed by atoms with Gasteiger partial charge >= 0.3 is 5.97 Å². The molecule has 0 aliphatic rings. The van der Waals surface area contributed by atoms with Crippen molar-refractivity contribution in [3.8, 4) is 11.1 Å². The molecule has 14 heteroatoms. The molecule has 5 atom stereocenters. The highest BCUT2D eigenvalue weighted by Gasteiger charge is 2.30. The Bertz CT molecular complexity index is 1550. The number of nitrogens with two attached hydrogens (primary N) is 1. The van der Waals surface area contributed by atoms with Crippen LogP contribution in [0.2, 0.25) is 0 Å². The smallest absolute Gasteiger partial charge is 0.303 e. The van der Waals surface area contributed by atoms with Crippen molar-refractivity contribution in [2.75, 3.05) is 13.1 Å². The summed E-state index contributed by atoms with van der Waals surface area (Å²) in [6.45, 7) is 8.43. The summed E-state index contributed by atoms with van der Waals surface area (Å²) in [5, 5.41) is 22.5. The van der Waals surface area contributed by atoms with E-state index < -0.39 is 66.7 Å². The van der Waals surface area contributed by atoms with Crippen LogP contribution in [0.5, 0.6) is 0 Å². The highest BCUT2D eigenvalue weighted by Crippen LogP contribution is 2.20. The molecule has 0 heterocycles. The number of unbranched alkanes of at least 4 members (excludes halogenated alkanes) is 1. The van der Waals surface area contributed by atoms with E-state index in [1.54, 1.807) is 6.92 Å². The average molecular weight is 751 g/mol. The number of carbonyl (C=O) groups excluding carboxylic acids is 6. The van der Waals surface area contributed by atoms with Crippen LogP contribution in [0.15, 0.2) is 54.6 Å². The molecule has 296 valence electrons. The molecule has 5 amide bonds. The van der Waals surface area contributed by atoms with Crippen molar-refractivity contribution in [3.63, 3.8) is 0 Å². The molecule has 0 aromatic heterocycles. The molecular formula is C40H58N6O8. The molecule has 1 unspecified atom stereocenters. The van der Waals surface area contributed by atoms with Crippen molar-refractivity contribution in [3.05, 3.63) is 60.2 Å².